The fraction of sp³-hybridized carbons (Fsp3) is 0.294. The molecule has 0 fully saturated rings. The van der Waals surface area contributed by atoms with Crippen LogP contribution in [0.5, 0.6) is 5.75 Å². The van der Waals surface area contributed by atoms with Gasteiger partial charge in [-0.2, -0.15) is 0 Å². The van der Waals surface area contributed by atoms with E-state index in [2.05, 4.69) is 21.2 Å². The van der Waals surface area contributed by atoms with E-state index in [1.54, 1.807) is 13.2 Å². The van der Waals surface area contributed by atoms with Gasteiger partial charge in [-0.1, -0.05) is 37.3 Å². The summed E-state index contributed by atoms with van der Waals surface area (Å²) in [5.74, 6) is 0.614. The molecule has 0 radical (unpaired) electrons. The fourth-order valence-corrected chi connectivity index (χ4v) is 2.96. The minimum absolute atomic E-state index is 0.0244. The summed E-state index contributed by atoms with van der Waals surface area (Å²) in [4.78, 5) is 0. The molecule has 1 atom stereocenters. The lowest BCUT2D eigenvalue weighted by Crippen LogP contribution is -2.23. The Labute approximate surface area is 133 Å². The van der Waals surface area contributed by atoms with Crippen LogP contribution in [0.1, 0.15) is 24.1 Å². The van der Waals surface area contributed by atoms with Crippen molar-refractivity contribution in [2.24, 2.45) is 0 Å². The lowest BCUT2D eigenvalue weighted by molar-refractivity contribution is 0.405. The maximum atomic E-state index is 13.8. The number of likely N-dealkylation sites (N-methyl/N-ethyl adjacent to an activating group) is 1. The van der Waals surface area contributed by atoms with Gasteiger partial charge in [0.05, 0.1) is 11.6 Å². The van der Waals surface area contributed by atoms with Crippen LogP contribution in [0.15, 0.2) is 46.9 Å². The molecule has 0 aromatic heterocycles. The maximum Gasteiger partial charge on any atom is 0.137 e. The number of hydrogen-bond donors (Lipinski definition) is 1. The molecule has 2 nitrogen and oxygen atoms in total. The lowest BCUT2D eigenvalue weighted by atomic mass is 9.98. The fourth-order valence-electron chi connectivity index (χ4n) is 2.42. The molecule has 0 aliphatic heterocycles. The van der Waals surface area contributed by atoms with Crippen LogP contribution in [-0.4, -0.2) is 13.7 Å². The smallest absolute Gasteiger partial charge is 0.137 e. The molecule has 0 bridgehead atoms. The third kappa shape index (κ3) is 3.83. The Morgan fingerprint density at radius 2 is 1.95 bits per heavy atom. The molecule has 1 N–H and O–H groups in total. The Morgan fingerprint density at radius 3 is 2.67 bits per heavy atom. The Balaban J connectivity index is 2.33. The molecule has 1 unspecified atom stereocenters. The molecule has 0 heterocycles. The van der Waals surface area contributed by atoms with Crippen LogP contribution in [0, 0.1) is 5.82 Å². The monoisotopic (exact) mass is 351 g/mol. The van der Waals surface area contributed by atoms with Gasteiger partial charge < -0.3 is 10.1 Å². The summed E-state index contributed by atoms with van der Waals surface area (Å²) in [5, 5.41) is 3.41. The van der Waals surface area contributed by atoms with Gasteiger partial charge in [-0.25, -0.2) is 4.39 Å². The minimum Gasteiger partial charge on any atom is -0.496 e. The molecule has 4 heteroatoms. The highest BCUT2D eigenvalue weighted by molar-refractivity contribution is 9.10. The van der Waals surface area contributed by atoms with Gasteiger partial charge in [-0.15, -0.1) is 0 Å². The molecule has 0 saturated heterocycles. The molecule has 0 aliphatic rings. The molecular formula is C17H19BrFNO. The van der Waals surface area contributed by atoms with Gasteiger partial charge in [-0.3, -0.25) is 0 Å². The first-order valence-corrected chi connectivity index (χ1v) is 7.75. The largest absolute Gasteiger partial charge is 0.496 e. The van der Waals surface area contributed by atoms with Gasteiger partial charge >= 0.3 is 0 Å². The van der Waals surface area contributed by atoms with E-state index in [0.717, 1.165) is 29.8 Å². The van der Waals surface area contributed by atoms with Crippen molar-refractivity contribution in [1.29, 1.82) is 0 Å². The van der Waals surface area contributed by atoms with Crippen LogP contribution < -0.4 is 10.1 Å². The second kappa shape index (κ2) is 7.57. The quantitative estimate of drug-likeness (QED) is 0.827. The van der Waals surface area contributed by atoms with E-state index in [1.807, 2.05) is 37.3 Å². The Morgan fingerprint density at radius 1 is 1.19 bits per heavy atom. The Hall–Kier alpha value is -1.39. The summed E-state index contributed by atoms with van der Waals surface area (Å²) < 4.78 is 19.7. The van der Waals surface area contributed by atoms with E-state index in [-0.39, 0.29) is 11.9 Å². The van der Waals surface area contributed by atoms with Gasteiger partial charge in [0.2, 0.25) is 0 Å². The number of para-hydroxylation sites is 1. The summed E-state index contributed by atoms with van der Waals surface area (Å²) in [6.45, 7) is 2.85. The van der Waals surface area contributed by atoms with E-state index in [1.165, 1.54) is 6.07 Å². The van der Waals surface area contributed by atoms with Gasteiger partial charge in [0.1, 0.15) is 11.6 Å². The van der Waals surface area contributed by atoms with E-state index in [9.17, 15) is 4.39 Å². The molecule has 0 saturated carbocycles. The van der Waals surface area contributed by atoms with Crippen LogP contribution in [0.2, 0.25) is 0 Å². The van der Waals surface area contributed by atoms with E-state index in [0.29, 0.717) is 4.47 Å². The summed E-state index contributed by atoms with van der Waals surface area (Å²) >= 11 is 3.35. The third-order valence-corrected chi connectivity index (χ3v) is 4.26. The molecule has 112 valence electrons. The zero-order valence-electron chi connectivity index (χ0n) is 12.2. The number of rotatable bonds is 6. The number of halogens is 2. The van der Waals surface area contributed by atoms with E-state index in [4.69, 9.17) is 4.74 Å². The standard InChI is InChI=1S/C17H19BrFNO/c1-3-20-15(13-8-6-9-14(19)17(13)18)11-12-7-4-5-10-16(12)21-2/h4-10,15,20H,3,11H2,1-2H3. The van der Waals surface area contributed by atoms with Gasteiger partial charge in [0.15, 0.2) is 0 Å². The van der Waals surface area contributed by atoms with Gasteiger partial charge in [0.25, 0.3) is 0 Å². The van der Waals surface area contributed by atoms with Crippen LogP contribution in [0.4, 0.5) is 4.39 Å². The average Bonchev–Trinajstić information content (AvgIpc) is 2.50. The number of hydrogen-bond acceptors (Lipinski definition) is 2. The van der Waals surface area contributed by atoms with Crippen molar-refractivity contribution in [3.8, 4) is 5.75 Å². The summed E-state index contributed by atoms with van der Waals surface area (Å²) in [6.07, 6.45) is 0.736. The third-order valence-electron chi connectivity index (χ3n) is 3.42. The molecule has 0 spiro atoms. The van der Waals surface area contributed by atoms with Crippen molar-refractivity contribution in [2.75, 3.05) is 13.7 Å². The first-order chi connectivity index (χ1) is 10.2. The Kier molecular flexibility index (Phi) is 5.76. The lowest BCUT2D eigenvalue weighted by Gasteiger charge is -2.21. The summed E-state index contributed by atoms with van der Waals surface area (Å²) in [6, 6.07) is 13.1. The van der Waals surface area contributed by atoms with E-state index >= 15 is 0 Å². The van der Waals surface area contributed by atoms with Gasteiger partial charge in [0, 0.05) is 6.04 Å². The van der Waals surface area contributed by atoms with E-state index < -0.39 is 0 Å². The van der Waals surface area contributed by atoms with Crippen molar-refractivity contribution in [3.63, 3.8) is 0 Å². The predicted octanol–water partition coefficient (Wildman–Crippen LogP) is 4.49. The second-order valence-electron chi connectivity index (χ2n) is 4.77. The predicted molar refractivity (Wildman–Crippen MR) is 87.2 cm³/mol. The topological polar surface area (TPSA) is 21.3 Å². The van der Waals surface area contributed by atoms with Crippen molar-refractivity contribution in [3.05, 3.63) is 63.9 Å². The molecule has 2 aromatic rings. The zero-order valence-corrected chi connectivity index (χ0v) is 13.8. The molecule has 0 amide bonds. The number of methoxy groups -OCH3 is 1. The Bertz CT molecular complexity index is 603. The SMILES string of the molecule is CCNC(Cc1ccccc1OC)c1cccc(F)c1Br. The minimum atomic E-state index is -0.240. The molecule has 21 heavy (non-hydrogen) atoms. The van der Waals surface area contributed by atoms with Crippen molar-refractivity contribution in [1.82, 2.24) is 5.32 Å². The highest BCUT2D eigenvalue weighted by Crippen LogP contribution is 2.30. The normalized spacial score (nSPS) is 12.2. The molecule has 2 aromatic carbocycles. The van der Waals surface area contributed by atoms with Crippen LogP contribution in [-0.2, 0) is 6.42 Å². The number of benzene rings is 2. The first kappa shape index (κ1) is 16.0. The summed E-state index contributed by atoms with van der Waals surface area (Å²) in [5.41, 5.74) is 2.02. The first-order valence-electron chi connectivity index (χ1n) is 6.96. The van der Waals surface area contributed by atoms with Crippen LogP contribution >= 0.6 is 15.9 Å². The highest BCUT2D eigenvalue weighted by atomic mass is 79.9. The zero-order chi connectivity index (χ0) is 15.2. The maximum absolute atomic E-state index is 13.8. The molecule has 0 aliphatic carbocycles. The number of nitrogens with one attached hydrogen (secondary N) is 1. The van der Waals surface area contributed by atoms with Crippen molar-refractivity contribution < 1.29 is 9.13 Å². The van der Waals surface area contributed by atoms with Gasteiger partial charge in [-0.05, 0) is 52.2 Å². The second-order valence-corrected chi connectivity index (χ2v) is 5.56. The van der Waals surface area contributed by atoms with Crippen molar-refractivity contribution in [2.45, 2.75) is 19.4 Å². The van der Waals surface area contributed by atoms with Crippen LogP contribution in [0.25, 0.3) is 0 Å². The van der Waals surface area contributed by atoms with Crippen LogP contribution in [0.3, 0.4) is 0 Å². The summed E-state index contributed by atoms with van der Waals surface area (Å²) in [7, 11) is 1.67. The number of ether oxygens (including phenoxy) is 1. The highest BCUT2D eigenvalue weighted by Gasteiger charge is 2.17. The molecular weight excluding hydrogens is 333 g/mol. The van der Waals surface area contributed by atoms with Crippen molar-refractivity contribution >= 4 is 15.9 Å². The average molecular weight is 352 g/mol. The molecule has 2 rings (SSSR count).